The van der Waals surface area contributed by atoms with E-state index in [-0.39, 0.29) is 5.38 Å². The van der Waals surface area contributed by atoms with Crippen molar-refractivity contribution in [2.75, 3.05) is 0 Å². The van der Waals surface area contributed by atoms with Crippen LogP contribution >= 0.6 is 98.5 Å². The fourth-order valence-corrected chi connectivity index (χ4v) is 8.49. The zero-order valence-electron chi connectivity index (χ0n) is 19.6. The molecule has 0 saturated carbocycles. The zero-order chi connectivity index (χ0) is 27.1. The first kappa shape index (κ1) is 29.0. The van der Waals surface area contributed by atoms with E-state index in [1.165, 1.54) is 11.1 Å². The Morgan fingerprint density at radius 3 is 1.66 bits per heavy atom. The third kappa shape index (κ3) is 6.06. The van der Waals surface area contributed by atoms with Gasteiger partial charge in [-0.3, -0.25) is 9.97 Å². The van der Waals surface area contributed by atoms with Crippen LogP contribution in [0.3, 0.4) is 0 Å². The summed E-state index contributed by atoms with van der Waals surface area (Å²) in [7, 11) is 0. The normalized spacial score (nSPS) is 17.6. The summed E-state index contributed by atoms with van der Waals surface area (Å²) in [4.78, 5) is 8.86. The highest BCUT2D eigenvalue weighted by Gasteiger charge is 2.27. The number of alkyl halides is 1. The van der Waals surface area contributed by atoms with Gasteiger partial charge in [0, 0.05) is 45.9 Å². The second-order valence-corrected chi connectivity index (χ2v) is 13.9. The highest BCUT2D eigenvalue weighted by Crippen LogP contribution is 2.42. The lowest BCUT2D eigenvalue weighted by Gasteiger charge is -2.15. The quantitative estimate of drug-likeness (QED) is 0.180. The van der Waals surface area contributed by atoms with Gasteiger partial charge in [-0.15, -0.1) is 11.6 Å². The van der Waals surface area contributed by atoms with Crippen LogP contribution in [-0.2, 0) is 25.7 Å². The van der Waals surface area contributed by atoms with Crippen LogP contribution in [0.5, 0.6) is 0 Å². The van der Waals surface area contributed by atoms with E-state index < -0.39 is 6.10 Å². The number of nitrogens with zero attached hydrogens (tertiary/aromatic N) is 2. The Hall–Kier alpha value is -0.510. The molecule has 2 aliphatic rings. The lowest BCUT2D eigenvalue weighted by molar-refractivity contribution is 0.214. The molecule has 0 amide bonds. The van der Waals surface area contributed by atoms with Gasteiger partial charge in [-0.25, -0.2) is 0 Å². The maximum atomic E-state index is 10.6. The molecule has 0 spiro atoms. The minimum atomic E-state index is -0.716. The molecule has 0 aliphatic heterocycles. The molecule has 2 aliphatic carbocycles. The number of rotatable bonds is 0. The van der Waals surface area contributed by atoms with Crippen LogP contribution in [0.15, 0.2) is 66.7 Å². The summed E-state index contributed by atoms with van der Waals surface area (Å²) in [6.45, 7) is 0. The van der Waals surface area contributed by atoms with E-state index in [2.05, 4.69) is 79.8 Å². The fourth-order valence-electron chi connectivity index (χ4n) is 4.95. The van der Waals surface area contributed by atoms with E-state index in [4.69, 9.17) is 34.8 Å². The Morgan fingerprint density at radius 2 is 1.08 bits per heavy atom. The second-order valence-electron chi connectivity index (χ2n) is 9.08. The number of halogens is 7. The molecule has 0 saturated heterocycles. The van der Waals surface area contributed by atoms with Gasteiger partial charge >= 0.3 is 0 Å². The minimum absolute atomic E-state index is 0.243. The average Bonchev–Trinajstić information content (AvgIpc) is 3.07. The summed E-state index contributed by atoms with van der Waals surface area (Å²) >= 11 is 32.8. The van der Waals surface area contributed by atoms with E-state index in [9.17, 15) is 5.11 Å². The monoisotopic (exact) mass is 820 g/mol. The number of benzene rings is 2. The zero-order valence-corrected chi connectivity index (χ0v) is 28.2. The molecule has 2 heterocycles. The number of aryl methyl sites for hydroxylation is 4. The van der Waals surface area contributed by atoms with Crippen LogP contribution in [0, 0.1) is 0 Å². The third-order valence-electron chi connectivity index (χ3n) is 6.65. The predicted octanol–water partition coefficient (Wildman–Crippen LogP) is 10.1. The lowest BCUT2D eigenvalue weighted by Crippen LogP contribution is -2.06. The van der Waals surface area contributed by atoms with Crippen LogP contribution in [0.4, 0.5) is 0 Å². The Bertz CT molecular complexity index is 1430. The molecule has 1 N–H and O–H groups in total. The van der Waals surface area contributed by atoms with Gasteiger partial charge < -0.3 is 5.11 Å². The lowest BCUT2D eigenvalue weighted by atomic mass is 10.0. The van der Waals surface area contributed by atoms with Gasteiger partial charge in [-0.2, -0.15) is 0 Å². The SMILES string of the molecule is Clc1cc(Br)c2c(c1)CCc1cc(Br)cnc1C2Cl.OC1c2ncc(Br)cc2CCc2cc(Cl)cc(Br)c21. The second kappa shape index (κ2) is 12.2. The Balaban J connectivity index is 0.000000155. The smallest absolute Gasteiger partial charge is 0.123 e. The van der Waals surface area contributed by atoms with Crippen LogP contribution in [0.1, 0.15) is 56.2 Å². The first-order valence-electron chi connectivity index (χ1n) is 11.7. The number of aliphatic hydroxyl groups excluding tert-OH is 1. The summed E-state index contributed by atoms with van der Waals surface area (Å²) < 4.78 is 3.70. The van der Waals surface area contributed by atoms with Gasteiger partial charge in [-0.1, -0.05) is 55.1 Å². The van der Waals surface area contributed by atoms with Crippen LogP contribution in [0.2, 0.25) is 10.0 Å². The van der Waals surface area contributed by atoms with Crippen LogP contribution < -0.4 is 0 Å². The van der Waals surface area contributed by atoms with Gasteiger partial charge in [-0.05, 0) is 122 Å². The molecule has 2 aromatic heterocycles. The first-order chi connectivity index (χ1) is 18.1. The maximum Gasteiger partial charge on any atom is 0.123 e. The van der Waals surface area contributed by atoms with Crippen molar-refractivity contribution >= 4 is 98.5 Å². The molecule has 3 nitrogen and oxygen atoms in total. The number of fused-ring (bicyclic) bond motifs is 4. The van der Waals surface area contributed by atoms with Gasteiger partial charge in [0.15, 0.2) is 0 Å². The van der Waals surface area contributed by atoms with Crippen molar-refractivity contribution in [2.24, 2.45) is 0 Å². The maximum absolute atomic E-state index is 10.6. The molecular formula is C28H19Br4Cl3N2O. The van der Waals surface area contributed by atoms with Crippen molar-refractivity contribution < 1.29 is 5.11 Å². The van der Waals surface area contributed by atoms with Gasteiger partial charge in [0.2, 0.25) is 0 Å². The third-order valence-corrected chi connectivity index (χ3v) is 9.69. The van der Waals surface area contributed by atoms with Crippen molar-refractivity contribution in [3.63, 3.8) is 0 Å². The van der Waals surface area contributed by atoms with Gasteiger partial charge in [0.1, 0.15) is 11.5 Å². The topological polar surface area (TPSA) is 46.0 Å². The summed E-state index contributed by atoms with van der Waals surface area (Å²) in [5.74, 6) is 0. The number of aromatic nitrogens is 2. The number of aliphatic hydroxyl groups is 1. The van der Waals surface area contributed by atoms with Gasteiger partial charge in [0.05, 0.1) is 11.4 Å². The van der Waals surface area contributed by atoms with Gasteiger partial charge in [0.25, 0.3) is 0 Å². The average molecular weight is 825 g/mol. The molecule has 2 aromatic carbocycles. The Kier molecular flexibility index (Phi) is 9.28. The molecule has 6 rings (SSSR count). The Labute approximate surface area is 269 Å². The van der Waals surface area contributed by atoms with Crippen molar-refractivity contribution in [2.45, 2.75) is 37.2 Å². The number of hydrogen-bond acceptors (Lipinski definition) is 3. The number of pyridine rings is 2. The first-order valence-corrected chi connectivity index (χ1v) is 16.0. The molecule has 196 valence electrons. The standard InChI is InChI=1S/C14H9Br2Cl2N.C14H10Br2ClNO/c15-9-3-8-2-1-7-4-10(17)5-11(16)12(7)13(18)14(8)19-6-9;15-9-3-8-2-1-7-4-10(17)5-11(16)12(7)14(19)13(8)18-6-9/h3-6,13H,1-2H2;3-6,14,19H,1-2H2. The Morgan fingerprint density at radius 1 is 0.632 bits per heavy atom. The molecule has 0 bridgehead atoms. The van der Waals surface area contributed by atoms with E-state index >= 15 is 0 Å². The predicted molar refractivity (Wildman–Crippen MR) is 169 cm³/mol. The van der Waals surface area contributed by atoms with Crippen LogP contribution in [0.25, 0.3) is 0 Å². The molecule has 2 unspecified atom stereocenters. The summed E-state index contributed by atoms with van der Waals surface area (Å²) in [6.07, 6.45) is 6.33. The molecule has 0 fully saturated rings. The molecule has 4 aromatic rings. The van der Waals surface area contributed by atoms with E-state index in [0.29, 0.717) is 5.02 Å². The number of hydrogen-bond donors (Lipinski definition) is 1. The molecule has 38 heavy (non-hydrogen) atoms. The van der Waals surface area contributed by atoms with E-state index in [0.717, 1.165) is 82.2 Å². The molecule has 0 radical (unpaired) electrons. The summed E-state index contributed by atoms with van der Waals surface area (Å²) in [6, 6.07) is 11.7. The van der Waals surface area contributed by atoms with Crippen molar-refractivity contribution in [3.05, 3.63) is 121 Å². The summed E-state index contributed by atoms with van der Waals surface area (Å²) in [5.41, 5.74) is 8.14. The van der Waals surface area contributed by atoms with E-state index in [1.54, 1.807) is 12.4 Å². The molecule has 10 heteroatoms. The molecule has 2 atom stereocenters. The largest absolute Gasteiger partial charge is 0.382 e. The minimum Gasteiger partial charge on any atom is -0.382 e. The highest BCUT2D eigenvalue weighted by atomic mass is 79.9. The molecular weight excluding hydrogens is 806 g/mol. The van der Waals surface area contributed by atoms with Crippen LogP contribution in [-0.4, -0.2) is 15.1 Å². The van der Waals surface area contributed by atoms with Crippen molar-refractivity contribution in [1.82, 2.24) is 9.97 Å². The van der Waals surface area contributed by atoms with Crippen molar-refractivity contribution in [3.8, 4) is 0 Å². The summed E-state index contributed by atoms with van der Waals surface area (Å²) in [5, 5.41) is 11.8. The highest BCUT2D eigenvalue weighted by molar-refractivity contribution is 9.11. The van der Waals surface area contributed by atoms with E-state index in [1.807, 2.05) is 30.3 Å². The fraction of sp³-hybridized carbons (Fsp3) is 0.214. The van der Waals surface area contributed by atoms with Crippen molar-refractivity contribution in [1.29, 1.82) is 0 Å².